The average molecular weight is 104 g/mol. The van der Waals surface area contributed by atoms with Crippen molar-refractivity contribution in [2.24, 2.45) is 0 Å². The first kappa shape index (κ1) is 6.48. The Morgan fingerprint density at radius 1 is 1.71 bits per heavy atom. The van der Waals surface area contributed by atoms with Crippen molar-refractivity contribution in [1.29, 1.82) is 0 Å². The van der Waals surface area contributed by atoms with Gasteiger partial charge in [-0.25, -0.2) is 4.81 Å². The molecule has 0 aromatic heterocycles. The van der Waals surface area contributed by atoms with Crippen molar-refractivity contribution in [3.8, 4) is 0 Å². The molecule has 2 N–H and O–H groups in total. The third kappa shape index (κ3) is 3.31. The molecule has 0 bridgehead atoms. The SMILES string of the molecule is C=COB(O)OO. The molecule has 0 saturated heterocycles. The number of hydrogen-bond acceptors (Lipinski definition) is 4. The monoisotopic (exact) mass is 104 g/mol. The van der Waals surface area contributed by atoms with Crippen LogP contribution >= 0.6 is 0 Å². The van der Waals surface area contributed by atoms with E-state index in [1.807, 2.05) is 0 Å². The molecule has 0 rings (SSSR count). The van der Waals surface area contributed by atoms with Crippen LogP contribution in [0.5, 0.6) is 0 Å². The van der Waals surface area contributed by atoms with Gasteiger partial charge in [0.2, 0.25) is 0 Å². The van der Waals surface area contributed by atoms with E-state index in [-0.39, 0.29) is 0 Å². The normalized spacial score (nSPS) is 7.71. The van der Waals surface area contributed by atoms with E-state index in [0.717, 1.165) is 6.26 Å². The molecule has 0 heterocycles. The zero-order chi connectivity index (χ0) is 5.70. The standard InChI is InChI=1S/C2H5BO4/c1-2-6-3(4)7-5/h2,4-5H,1H2. The smallest absolute Gasteiger partial charge is 0.518 e. The molecule has 0 aliphatic rings. The van der Waals surface area contributed by atoms with E-state index in [0.29, 0.717) is 0 Å². The quantitative estimate of drug-likeness (QED) is 0.221. The molecule has 0 aliphatic heterocycles. The highest BCUT2D eigenvalue weighted by atomic mass is 17.1. The molecule has 0 aromatic rings. The van der Waals surface area contributed by atoms with E-state index < -0.39 is 7.32 Å². The molecule has 7 heavy (non-hydrogen) atoms. The predicted octanol–water partition coefficient (Wildman–Crippen LogP) is -0.387. The van der Waals surface area contributed by atoms with Crippen molar-refractivity contribution in [3.05, 3.63) is 12.8 Å². The second kappa shape index (κ2) is 3.67. The number of rotatable bonds is 3. The van der Waals surface area contributed by atoms with Gasteiger partial charge in [-0.2, -0.15) is 0 Å². The van der Waals surface area contributed by atoms with E-state index in [2.05, 4.69) is 16.0 Å². The molecule has 0 fully saturated rings. The van der Waals surface area contributed by atoms with Crippen LogP contribution < -0.4 is 0 Å². The maximum absolute atomic E-state index is 8.09. The van der Waals surface area contributed by atoms with Crippen molar-refractivity contribution < 1.29 is 19.7 Å². The van der Waals surface area contributed by atoms with Crippen LogP contribution in [-0.2, 0) is 9.46 Å². The lowest BCUT2D eigenvalue weighted by Gasteiger charge is -1.95. The third-order valence-corrected chi connectivity index (χ3v) is 0.303. The van der Waals surface area contributed by atoms with Crippen LogP contribution in [0, 0.1) is 0 Å². The van der Waals surface area contributed by atoms with Crippen LogP contribution in [0.3, 0.4) is 0 Å². The van der Waals surface area contributed by atoms with Gasteiger partial charge in [0.05, 0.1) is 6.26 Å². The first-order valence-corrected chi connectivity index (χ1v) is 1.56. The molecule has 0 saturated carbocycles. The maximum Gasteiger partial charge on any atom is 0.738 e. The van der Waals surface area contributed by atoms with Gasteiger partial charge in [-0.3, -0.25) is 5.26 Å². The predicted molar refractivity (Wildman–Crippen MR) is 23.0 cm³/mol. The van der Waals surface area contributed by atoms with Crippen molar-refractivity contribution in [1.82, 2.24) is 0 Å². The molecular weight excluding hydrogens is 98.8 g/mol. The van der Waals surface area contributed by atoms with Crippen molar-refractivity contribution in [3.63, 3.8) is 0 Å². The summed E-state index contributed by atoms with van der Waals surface area (Å²) in [5, 5.41) is 15.6. The molecule has 0 aliphatic carbocycles. The van der Waals surface area contributed by atoms with Gasteiger partial charge in [-0.1, -0.05) is 6.58 Å². The fraction of sp³-hybridized carbons (Fsp3) is 0. The van der Waals surface area contributed by atoms with Crippen LogP contribution in [0.25, 0.3) is 0 Å². The van der Waals surface area contributed by atoms with Crippen LogP contribution in [0.4, 0.5) is 0 Å². The molecule has 40 valence electrons. The van der Waals surface area contributed by atoms with Crippen LogP contribution in [0.1, 0.15) is 0 Å². The van der Waals surface area contributed by atoms with Gasteiger partial charge in [0.25, 0.3) is 0 Å². The summed E-state index contributed by atoms with van der Waals surface area (Å²) in [6.45, 7) is 3.08. The largest absolute Gasteiger partial charge is 0.738 e. The van der Waals surface area contributed by atoms with Gasteiger partial charge in [0.1, 0.15) is 0 Å². The average Bonchev–Trinajstić information content (AvgIpc) is 1.68. The lowest BCUT2D eigenvalue weighted by Crippen LogP contribution is -2.17. The molecule has 0 amide bonds. The molecule has 5 heteroatoms. The van der Waals surface area contributed by atoms with Crippen molar-refractivity contribution in [2.45, 2.75) is 0 Å². The van der Waals surface area contributed by atoms with E-state index in [1.165, 1.54) is 0 Å². The Hall–Kier alpha value is -0.515. The summed E-state index contributed by atoms with van der Waals surface area (Å²) >= 11 is 0. The minimum absolute atomic E-state index is 0.945. The Balaban J connectivity index is 2.98. The summed E-state index contributed by atoms with van der Waals surface area (Å²) in [6, 6.07) is 0. The van der Waals surface area contributed by atoms with Crippen LogP contribution in [-0.4, -0.2) is 17.6 Å². The molecule has 0 radical (unpaired) electrons. The first-order chi connectivity index (χ1) is 3.31. The van der Waals surface area contributed by atoms with Gasteiger partial charge >= 0.3 is 7.32 Å². The first-order valence-electron chi connectivity index (χ1n) is 1.56. The van der Waals surface area contributed by atoms with Gasteiger partial charge < -0.3 is 9.68 Å². The maximum atomic E-state index is 8.09. The van der Waals surface area contributed by atoms with Crippen molar-refractivity contribution >= 4 is 7.32 Å². The second-order valence-corrected chi connectivity index (χ2v) is 0.715. The van der Waals surface area contributed by atoms with E-state index >= 15 is 0 Å². The minimum Gasteiger partial charge on any atom is -0.518 e. The lowest BCUT2D eigenvalue weighted by molar-refractivity contribution is -0.173. The Morgan fingerprint density at radius 3 is 2.43 bits per heavy atom. The Morgan fingerprint density at radius 2 is 2.29 bits per heavy atom. The summed E-state index contributed by atoms with van der Waals surface area (Å²) in [5.41, 5.74) is 0. The summed E-state index contributed by atoms with van der Waals surface area (Å²) in [5.74, 6) is 0. The van der Waals surface area contributed by atoms with Gasteiger partial charge in [-0.15, -0.1) is 0 Å². The van der Waals surface area contributed by atoms with Gasteiger partial charge in [0.15, 0.2) is 0 Å². The fourth-order valence-electron chi connectivity index (χ4n) is 0.107. The van der Waals surface area contributed by atoms with Crippen LogP contribution in [0.2, 0.25) is 0 Å². The number of hydrogen-bond donors (Lipinski definition) is 2. The lowest BCUT2D eigenvalue weighted by atomic mass is 10.3. The second-order valence-electron chi connectivity index (χ2n) is 0.715. The molecule has 0 aromatic carbocycles. The van der Waals surface area contributed by atoms with Crippen LogP contribution in [0.15, 0.2) is 12.8 Å². The van der Waals surface area contributed by atoms with Gasteiger partial charge in [-0.05, 0) is 0 Å². The van der Waals surface area contributed by atoms with Gasteiger partial charge in [0, 0.05) is 0 Å². The topological polar surface area (TPSA) is 58.9 Å². The molecule has 4 nitrogen and oxygen atoms in total. The van der Waals surface area contributed by atoms with E-state index in [4.69, 9.17) is 10.3 Å². The summed E-state index contributed by atoms with van der Waals surface area (Å²) < 4.78 is 4.04. The summed E-state index contributed by atoms with van der Waals surface area (Å²) in [4.78, 5) is 3.25. The van der Waals surface area contributed by atoms with E-state index in [9.17, 15) is 0 Å². The molecular formula is C2H5BO4. The molecule has 0 atom stereocenters. The Kier molecular flexibility index (Phi) is 3.40. The van der Waals surface area contributed by atoms with E-state index in [1.54, 1.807) is 0 Å². The summed E-state index contributed by atoms with van der Waals surface area (Å²) in [6.07, 6.45) is 0.945. The summed E-state index contributed by atoms with van der Waals surface area (Å²) in [7, 11) is -1.61. The fourth-order valence-corrected chi connectivity index (χ4v) is 0.107. The Bertz CT molecular complexity index is 55.7. The Labute approximate surface area is 41.1 Å². The highest BCUT2D eigenvalue weighted by Gasteiger charge is 2.13. The molecule has 0 spiro atoms. The minimum atomic E-state index is -1.61. The molecule has 0 unspecified atom stereocenters. The van der Waals surface area contributed by atoms with Crippen molar-refractivity contribution in [2.75, 3.05) is 0 Å². The third-order valence-electron chi connectivity index (χ3n) is 0.303. The highest BCUT2D eigenvalue weighted by Crippen LogP contribution is 1.78. The zero-order valence-corrected chi connectivity index (χ0v) is 3.57. The highest BCUT2D eigenvalue weighted by molar-refractivity contribution is 6.34. The zero-order valence-electron chi connectivity index (χ0n) is 3.57.